The maximum atomic E-state index is 12.6. The molecule has 0 spiro atoms. The first-order chi connectivity index (χ1) is 16.0. The normalized spacial score (nSPS) is 13.2. The van der Waals surface area contributed by atoms with E-state index in [1.807, 2.05) is 31.2 Å². The topological polar surface area (TPSA) is 105 Å². The standard InChI is InChI=1S/C26H30N2O5/c1-2-3-9-18(16-24(29)27-15-8-14-25(30)31)28-26(32)33-17-23-21-12-6-4-10-19(21)20-11-5-7-13-22(20)23/h4-8,10-14,18,23H,2-3,9,15-17H2,1H3,(H,27,29)(H,28,32)(H,30,31)/b14-8+. The molecular weight excluding hydrogens is 420 g/mol. The third-order valence-corrected chi connectivity index (χ3v) is 5.68. The minimum atomic E-state index is -1.07. The molecule has 1 unspecified atom stereocenters. The molecule has 7 nitrogen and oxygen atoms in total. The molecule has 0 fully saturated rings. The van der Waals surface area contributed by atoms with Gasteiger partial charge < -0.3 is 20.5 Å². The van der Waals surface area contributed by atoms with E-state index in [0.29, 0.717) is 6.42 Å². The van der Waals surface area contributed by atoms with Gasteiger partial charge in [-0.15, -0.1) is 0 Å². The molecule has 2 aromatic rings. The van der Waals surface area contributed by atoms with Crippen LogP contribution in [0, 0.1) is 0 Å². The summed E-state index contributed by atoms with van der Waals surface area (Å²) in [6, 6.07) is 15.9. The van der Waals surface area contributed by atoms with E-state index in [4.69, 9.17) is 9.84 Å². The van der Waals surface area contributed by atoms with Crippen LogP contribution in [0.3, 0.4) is 0 Å². The van der Waals surface area contributed by atoms with Crippen LogP contribution < -0.4 is 10.6 Å². The van der Waals surface area contributed by atoms with Gasteiger partial charge in [-0.25, -0.2) is 9.59 Å². The predicted molar refractivity (Wildman–Crippen MR) is 126 cm³/mol. The molecule has 2 amide bonds. The number of carboxylic acids is 1. The first-order valence-corrected chi connectivity index (χ1v) is 11.3. The molecule has 0 aromatic heterocycles. The Balaban J connectivity index is 1.56. The van der Waals surface area contributed by atoms with E-state index in [2.05, 4.69) is 34.9 Å². The second-order valence-electron chi connectivity index (χ2n) is 8.06. The molecule has 1 atom stereocenters. The van der Waals surface area contributed by atoms with Gasteiger partial charge in [0.15, 0.2) is 0 Å². The fourth-order valence-corrected chi connectivity index (χ4v) is 4.11. The molecule has 33 heavy (non-hydrogen) atoms. The molecule has 3 N–H and O–H groups in total. The Hall–Kier alpha value is -3.61. The van der Waals surface area contributed by atoms with Gasteiger partial charge in [-0.1, -0.05) is 74.4 Å². The van der Waals surface area contributed by atoms with Crippen LogP contribution in [0.25, 0.3) is 11.1 Å². The number of rotatable bonds is 11. The quantitative estimate of drug-likeness (QED) is 0.445. The maximum absolute atomic E-state index is 12.6. The molecule has 7 heteroatoms. The summed E-state index contributed by atoms with van der Waals surface area (Å²) in [5, 5.41) is 14.1. The van der Waals surface area contributed by atoms with Gasteiger partial charge in [0, 0.05) is 31.0 Å². The van der Waals surface area contributed by atoms with Crippen LogP contribution in [0.5, 0.6) is 0 Å². The van der Waals surface area contributed by atoms with E-state index >= 15 is 0 Å². The maximum Gasteiger partial charge on any atom is 0.407 e. The average molecular weight is 451 g/mol. The number of hydrogen-bond acceptors (Lipinski definition) is 4. The summed E-state index contributed by atoms with van der Waals surface area (Å²) in [5.41, 5.74) is 4.61. The van der Waals surface area contributed by atoms with Crippen molar-refractivity contribution >= 4 is 18.0 Å². The molecule has 2 aromatic carbocycles. The lowest BCUT2D eigenvalue weighted by Gasteiger charge is -2.19. The summed E-state index contributed by atoms with van der Waals surface area (Å²) in [6.45, 7) is 2.38. The van der Waals surface area contributed by atoms with E-state index in [0.717, 1.165) is 41.2 Å². The van der Waals surface area contributed by atoms with Crippen molar-refractivity contribution in [1.29, 1.82) is 0 Å². The summed E-state index contributed by atoms with van der Waals surface area (Å²) < 4.78 is 5.60. The monoisotopic (exact) mass is 450 g/mol. The highest BCUT2D eigenvalue weighted by Gasteiger charge is 2.29. The smallest absolute Gasteiger partial charge is 0.407 e. The number of fused-ring (bicyclic) bond motifs is 3. The Morgan fingerprint density at radius 1 is 1.06 bits per heavy atom. The highest BCUT2D eigenvalue weighted by Crippen LogP contribution is 2.44. The molecular formula is C26H30N2O5. The Bertz CT molecular complexity index is 972. The minimum Gasteiger partial charge on any atom is -0.478 e. The summed E-state index contributed by atoms with van der Waals surface area (Å²) in [4.78, 5) is 35.3. The molecule has 0 aliphatic heterocycles. The molecule has 0 bridgehead atoms. The molecule has 0 saturated carbocycles. The van der Waals surface area contributed by atoms with E-state index in [1.54, 1.807) is 0 Å². The zero-order valence-electron chi connectivity index (χ0n) is 18.8. The van der Waals surface area contributed by atoms with Crippen molar-refractivity contribution in [3.63, 3.8) is 0 Å². The van der Waals surface area contributed by atoms with Gasteiger partial charge in [-0.2, -0.15) is 0 Å². The Labute approximate surface area is 193 Å². The van der Waals surface area contributed by atoms with Gasteiger partial charge in [-0.3, -0.25) is 4.79 Å². The van der Waals surface area contributed by atoms with Gasteiger partial charge in [0.05, 0.1) is 0 Å². The molecule has 0 heterocycles. The van der Waals surface area contributed by atoms with Gasteiger partial charge in [0.1, 0.15) is 6.61 Å². The van der Waals surface area contributed by atoms with E-state index < -0.39 is 12.1 Å². The number of nitrogens with one attached hydrogen (secondary N) is 2. The van der Waals surface area contributed by atoms with Crippen LogP contribution in [0.4, 0.5) is 4.79 Å². The lowest BCUT2D eigenvalue weighted by molar-refractivity contribution is -0.131. The first-order valence-electron chi connectivity index (χ1n) is 11.3. The Morgan fingerprint density at radius 2 is 1.70 bits per heavy atom. The summed E-state index contributed by atoms with van der Waals surface area (Å²) in [5.74, 6) is -1.35. The van der Waals surface area contributed by atoms with Crippen LogP contribution >= 0.6 is 0 Å². The van der Waals surface area contributed by atoms with Crippen molar-refractivity contribution in [2.75, 3.05) is 13.2 Å². The number of unbranched alkanes of at least 4 members (excludes halogenated alkanes) is 1. The predicted octanol–water partition coefficient (Wildman–Crippen LogP) is 4.23. The zero-order valence-corrected chi connectivity index (χ0v) is 18.8. The summed E-state index contributed by atoms with van der Waals surface area (Å²) in [7, 11) is 0. The molecule has 174 valence electrons. The van der Waals surface area contributed by atoms with Crippen molar-refractivity contribution in [3.05, 3.63) is 71.8 Å². The number of carboxylic acid groups (broad SMARTS) is 1. The summed E-state index contributed by atoms with van der Waals surface area (Å²) >= 11 is 0. The zero-order chi connectivity index (χ0) is 23.6. The van der Waals surface area contributed by atoms with Gasteiger partial charge in [-0.05, 0) is 28.7 Å². The highest BCUT2D eigenvalue weighted by atomic mass is 16.5. The fourth-order valence-electron chi connectivity index (χ4n) is 4.11. The highest BCUT2D eigenvalue weighted by molar-refractivity contribution is 5.81. The largest absolute Gasteiger partial charge is 0.478 e. The average Bonchev–Trinajstić information content (AvgIpc) is 3.12. The molecule has 3 rings (SSSR count). The van der Waals surface area contributed by atoms with Crippen molar-refractivity contribution in [1.82, 2.24) is 10.6 Å². The van der Waals surface area contributed by atoms with Gasteiger partial charge >= 0.3 is 12.1 Å². The van der Waals surface area contributed by atoms with Crippen molar-refractivity contribution in [3.8, 4) is 11.1 Å². The number of amides is 2. The number of carbonyl (C=O) groups is 3. The second-order valence-corrected chi connectivity index (χ2v) is 8.06. The minimum absolute atomic E-state index is 0.0263. The number of aliphatic carboxylic acids is 1. The molecule has 1 aliphatic carbocycles. The Morgan fingerprint density at radius 3 is 2.30 bits per heavy atom. The number of hydrogen-bond donors (Lipinski definition) is 3. The van der Waals surface area contributed by atoms with Crippen LogP contribution in [0.15, 0.2) is 60.7 Å². The van der Waals surface area contributed by atoms with Crippen LogP contribution in [-0.4, -0.2) is 42.3 Å². The number of alkyl carbamates (subject to hydrolysis) is 1. The van der Waals surface area contributed by atoms with Crippen LogP contribution in [-0.2, 0) is 14.3 Å². The molecule has 1 aliphatic rings. The first kappa shape index (κ1) is 24.0. The summed E-state index contributed by atoms with van der Waals surface area (Å²) in [6.07, 6.45) is 4.34. The number of benzene rings is 2. The van der Waals surface area contributed by atoms with Crippen molar-refractivity contribution in [2.24, 2.45) is 0 Å². The molecule has 0 saturated heterocycles. The van der Waals surface area contributed by atoms with Crippen molar-refractivity contribution < 1.29 is 24.2 Å². The lowest BCUT2D eigenvalue weighted by Crippen LogP contribution is -2.40. The second kappa shape index (κ2) is 11.9. The number of ether oxygens (including phenoxy) is 1. The van der Waals surface area contributed by atoms with E-state index in [-0.39, 0.29) is 37.4 Å². The van der Waals surface area contributed by atoms with E-state index in [1.165, 1.54) is 6.08 Å². The lowest BCUT2D eigenvalue weighted by atomic mass is 9.98. The van der Waals surface area contributed by atoms with Crippen LogP contribution in [0.2, 0.25) is 0 Å². The third kappa shape index (κ3) is 6.68. The number of carbonyl (C=O) groups excluding carboxylic acids is 2. The van der Waals surface area contributed by atoms with Gasteiger partial charge in [0.2, 0.25) is 5.91 Å². The van der Waals surface area contributed by atoms with Gasteiger partial charge in [0.25, 0.3) is 0 Å². The fraction of sp³-hybridized carbons (Fsp3) is 0.346. The van der Waals surface area contributed by atoms with E-state index in [9.17, 15) is 14.4 Å². The van der Waals surface area contributed by atoms with Crippen molar-refractivity contribution in [2.45, 2.75) is 44.6 Å². The third-order valence-electron chi connectivity index (χ3n) is 5.68. The van der Waals surface area contributed by atoms with Crippen LogP contribution in [0.1, 0.15) is 49.7 Å². The molecule has 0 radical (unpaired) electrons. The Kier molecular flexibility index (Phi) is 8.63. The SMILES string of the molecule is CCCCC(CC(=O)NC/C=C/C(=O)O)NC(=O)OCC1c2ccccc2-c2ccccc21.